The van der Waals surface area contributed by atoms with E-state index >= 15 is 0 Å². The summed E-state index contributed by atoms with van der Waals surface area (Å²) in [4.78, 5) is 14.4. The summed E-state index contributed by atoms with van der Waals surface area (Å²) >= 11 is 9.07. The van der Waals surface area contributed by atoms with Gasteiger partial charge in [0.15, 0.2) is 5.16 Å². The van der Waals surface area contributed by atoms with Crippen LogP contribution in [0.15, 0.2) is 74.8 Å². The highest BCUT2D eigenvalue weighted by Gasteiger charge is 2.35. The lowest BCUT2D eigenvalue weighted by molar-refractivity contribution is -0.130. The molecule has 7 nitrogen and oxygen atoms in total. The van der Waals surface area contributed by atoms with Crippen LogP contribution in [0.5, 0.6) is 0 Å². The molecule has 10 heteroatoms. The van der Waals surface area contributed by atoms with Gasteiger partial charge in [0.25, 0.3) is 5.91 Å². The number of carbonyl (C=O) groups is 1. The molecule has 1 atom stereocenters. The Kier molecular flexibility index (Phi) is 6.34. The molecule has 1 aliphatic rings. The average molecular weight is 498 g/mol. The van der Waals surface area contributed by atoms with Crippen LogP contribution in [0.25, 0.3) is 0 Å². The molecule has 4 aromatic rings. The number of amides is 1. The van der Waals surface area contributed by atoms with E-state index in [9.17, 15) is 4.79 Å². The van der Waals surface area contributed by atoms with Crippen LogP contribution < -0.4 is 0 Å². The fraction of sp³-hybridized carbons (Fsp3) is 0.217. The first kappa shape index (κ1) is 21.9. The number of hydrogen-bond acceptors (Lipinski definition) is 7. The highest BCUT2D eigenvalue weighted by molar-refractivity contribution is 7.99. The van der Waals surface area contributed by atoms with Crippen molar-refractivity contribution >= 4 is 46.3 Å². The number of halogens is 1. The Labute approximate surface area is 204 Å². The normalized spacial score (nSPS) is 15.8. The van der Waals surface area contributed by atoms with Crippen LogP contribution in [-0.4, -0.2) is 37.1 Å². The van der Waals surface area contributed by atoms with Crippen molar-refractivity contribution in [2.75, 3.05) is 5.75 Å². The molecule has 1 unspecified atom stereocenters. The van der Waals surface area contributed by atoms with Gasteiger partial charge >= 0.3 is 0 Å². The van der Waals surface area contributed by atoms with E-state index in [2.05, 4.69) is 21.4 Å². The van der Waals surface area contributed by atoms with Crippen molar-refractivity contribution in [1.82, 2.24) is 19.8 Å². The maximum absolute atomic E-state index is 13.2. The number of thioether (sulfide) groups is 1. The van der Waals surface area contributed by atoms with Crippen LogP contribution in [0, 0.1) is 0 Å². The third-order valence-corrected chi connectivity index (χ3v) is 7.51. The summed E-state index contributed by atoms with van der Waals surface area (Å²) in [5.41, 5.74) is 1.76. The molecule has 1 amide bonds. The molecule has 5 rings (SSSR count). The number of hydrazone groups is 1. The molecule has 0 radical (unpaired) electrons. The molecule has 0 fully saturated rings. The molecule has 33 heavy (non-hydrogen) atoms. The molecule has 0 N–H and O–H groups in total. The van der Waals surface area contributed by atoms with Crippen molar-refractivity contribution in [1.29, 1.82) is 0 Å². The monoisotopic (exact) mass is 497 g/mol. The van der Waals surface area contributed by atoms with Gasteiger partial charge in [0, 0.05) is 29.8 Å². The highest BCUT2D eigenvalue weighted by Crippen LogP contribution is 2.34. The second-order valence-corrected chi connectivity index (χ2v) is 9.94. The molecule has 0 aliphatic carbocycles. The van der Waals surface area contributed by atoms with Crippen LogP contribution in [0.3, 0.4) is 0 Å². The summed E-state index contributed by atoms with van der Waals surface area (Å²) in [5.74, 6) is 1.65. The average Bonchev–Trinajstić information content (AvgIpc) is 3.62. The van der Waals surface area contributed by atoms with Crippen molar-refractivity contribution in [3.8, 4) is 0 Å². The number of hydrogen-bond donors (Lipinski definition) is 0. The van der Waals surface area contributed by atoms with Gasteiger partial charge in [0.1, 0.15) is 17.6 Å². The quantitative estimate of drug-likeness (QED) is 0.329. The zero-order valence-corrected chi connectivity index (χ0v) is 20.1. The molecule has 0 bridgehead atoms. The second-order valence-electron chi connectivity index (χ2n) is 7.53. The molecular formula is C23H20ClN5O2S2. The van der Waals surface area contributed by atoms with Crippen molar-refractivity contribution < 1.29 is 9.21 Å². The molecule has 4 heterocycles. The molecule has 0 saturated heterocycles. The number of rotatable bonds is 7. The van der Waals surface area contributed by atoms with Gasteiger partial charge in [-0.3, -0.25) is 4.79 Å². The Balaban J connectivity index is 1.31. The molecular weight excluding hydrogens is 478 g/mol. The molecule has 0 spiro atoms. The summed E-state index contributed by atoms with van der Waals surface area (Å²) in [6.07, 6.45) is 2.90. The SMILES string of the molecule is Cn1c(Cc2cccs2)nnc1SCC(=O)N1N=C(c2ccc(Cl)cc2)CC1c1ccco1. The van der Waals surface area contributed by atoms with Gasteiger partial charge < -0.3 is 8.98 Å². The predicted octanol–water partition coefficient (Wildman–Crippen LogP) is 5.18. The van der Waals surface area contributed by atoms with Crippen LogP contribution in [0.1, 0.15) is 34.5 Å². The van der Waals surface area contributed by atoms with E-state index in [1.54, 1.807) is 17.6 Å². The Morgan fingerprint density at radius 2 is 2.06 bits per heavy atom. The summed E-state index contributed by atoms with van der Waals surface area (Å²) in [5, 5.41) is 18.2. The standard InChI is InChI=1S/C23H20ClN5O2S2/c1-28-21(12-17-4-3-11-32-17)25-26-23(28)33-14-22(30)29-19(20-5-2-10-31-20)13-18(27-29)15-6-8-16(24)9-7-15/h2-11,19H,12-14H2,1H3. The summed E-state index contributed by atoms with van der Waals surface area (Å²) in [7, 11) is 1.92. The van der Waals surface area contributed by atoms with Crippen molar-refractivity contribution in [2.45, 2.75) is 24.0 Å². The largest absolute Gasteiger partial charge is 0.467 e. The summed E-state index contributed by atoms with van der Waals surface area (Å²) in [6, 6.07) is 15.0. The number of nitrogens with zero attached hydrogens (tertiary/aromatic N) is 5. The number of benzene rings is 1. The van der Waals surface area contributed by atoms with Gasteiger partial charge in [0.2, 0.25) is 0 Å². The topological polar surface area (TPSA) is 76.5 Å². The van der Waals surface area contributed by atoms with Gasteiger partial charge in [-0.05, 0) is 41.3 Å². The Morgan fingerprint density at radius 3 is 2.79 bits per heavy atom. The number of carbonyl (C=O) groups excluding carboxylic acids is 1. The van der Waals surface area contributed by atoms with E-state index in [0.717, 1.165) is 23.5 Å². The lowest BCUT2D eigenvalue weighted by Gasteiger charge is -2.19. The molecule has 3 aromatic heterocycles. The molecule has 0 saturated carbocycles. The molecule has 1 aromatic carbocycles. The Bertz CT molecular complexity index is 1270. The van der Waals surface area contributed by atoms with Crippen molar-refractivity contribution in [3.63, 3.8) is 0 Å². The van der Waals surface area contributed by atoms with Crippen LogP contribution in [0.4, 0.5) is 0 Å². The van der Waals surface area contributed by atoms with Crippen LogP contribution >= 0.6 is 34.7 Å². The van der Waals surface area contributed by atoms with Gasteiger partial charge in [0.05, 0.1) is 17.7 Å². The predicted molar refractivity (Wildman–Crippen MR) is 130 cm³/mol. The first-order valence-corrected chi connectivity index (χ1v) is 12.5. The van der Waals surface area contributed by atoms with Gasteiger partial charge in [-0.2, -0.15) is 5.10 Å². The van der Waals surface area contributed by atoms with E-state index < -0.39 is 0 Å². The fourth-order valence-electron chi connectivity index (χ4n) is 3.65. The minimum absolute atomic E-state index is 0.117. The first-order valence-electron chi connectivity index (χ1n) is 10.3. The van der Waals surface area contributed by atoms with E-state index in [0.29, 0.717) is 22.4 Å². The van der Waals surface area contributed by atoms with E-state index in [-0.39, 0.29) is 17.7 Å². The Morgan fingerprint density at radius 1 is 1.21 bits per heavy atom. The van der Waals surface area contributed by atoms with E-state index in [1.165, 1.54) is 21.6 Å². The zero-order chi connectivity index (χ0) is 22.8. The van der Waals surface area contributed by atoms with Crippen molar-refractivity contribution in [3.05, 3.63) is 87.2 Å². The van der Waals surface area contributed by atoms with Crippen LogP contribution in [0.2, 0.25) is 5.02 Å². The third kappa shape index (κ3) is 4.75. The van der Waals surface area contributed by atoms with E-state index in [1.807, 2.05) is 59.5 Å². The fourth-order valence-corrected chi connectivity index (χ4v) is 5.26. The Hall–Kier alpha value is -2.88. The minimum atomic E-state index is -0.285. The van der Waals surface area contributed by atoms with Gasteiger partial charge in [-0.25, -0.2) is 5.01 Å². The summed E-state index contributed by atoms with van der Waals surface area (Å²) < 4.78 is 7.55. The lowest BCUT2D eigenvalue weighted by Crippen LogP contribution is -2.28. The highest BCUT2D eigenvalue weighted by atomic mass is 35.5. The lowest BCUT2D eigenvalue weighted by atomic mass is 10.0. The third-order valence-electron chi connectivity index (χ3n) is 5.38. The number of aromatic nitrogens is 3. The van der Waals surface area contributed by atoms with Gasteiger partial charge in [-0.1, -0.05) is 41.6 Å². The molecule has 1 aliphatic heterocycles. The maximum atomic E-state index is 13.2. The van der Waals surface area contributed by atoms with Crippen molar-refractivity contribution in [2.24, 2.45) is 12.1 Å². The minimum Gasteiger partial charge on any atom is -0.467 e. The number of furan rings is 1. The van der Waals surface area contributed by atoms with E-state index in [4.69, 9.17) is 16.0 Å². The molecule has 168 valence electrons. The van der Waals surface area contributed by atoms with Crippen LogP contribution in [-0.2, 0) is 18.3 Å². The number of thiophene rings is 1. The second kappa shape index (κ2) is 9.54. The van der Waals surface area contributed by atoms with Gasteiger partial charge in [-0.15, -0.1) is 21.5 Å². The zero-order valence-electron chi connectivity index (χ0n) is 17.7. The first-order chi connectivity index (χ1) is 16.1. The smallest absolute Gasteiger partial charge is 0.253 e. The maximum Gasteiger partial charge on any atom is 0.253 e. The summed E-state index contributed by atoms with van der Waals surface area (Å²) in [6.45, 7) is 0.